The van der Waals surface area contributed by atoms with Gasteiger partial charge in [0, 0.05) is 19.0 Å². The van der Waals surface area contributed by atoms with E-state index in [0.717, 1.165) is 31.0 Å². The van der Waals surface area contributed by atoms with E-state index in [9.17, 15) is 22.8 Å². The van der Waals surface area contributed by atoms with E-state index in [1.807, 2.05) is 0 Å². The topological polar surface area (TPSA) is 67.9 Å². The number of benzene rings is 2. The molecule has 0 unspecified atom stereocenters. The number of carbonyl (C=O) groups excluding carboxylic acids is 2. The Balaban J connectivity index is 1.57. The highest BCUT2D eigenvalue weighted by atomic mass is 35.5. The second-order valence-electron chi connectivity index (χ2n) is 7.25. The van der Waals surface area contributed by atoms with E-state index in [2.05, 4.69) is 5.32 Å². The molecule has 0 bridgehead atoms. The Morgan fingerprint density at radius 3 is 2.47 bits per heavy atom. The molecule has 10 heteroatoms. The number of nitrogens with zero attached hydrogens (tertiary/aromatic N) is 1. The Morgan fingerprint density at radius 2 is 1.84 bits per heavy atom. The normalized spacial score (nSPS) is 13.4. The highest BCUT2D eigenvalue weighted by Gasteiger charge is 2.33. The van der Waals surface area contributed by atoms with Gasteiger partial charge in [-0.2, -0.15) is 13.2 Å². The molecule has 2 aromatic carbocycles. The van der Waals surface area contributed by atoms with Crippen LogP contribution in [0.2, 0.25) is 5.02 Å². The number of methoxy groups -OCH3 is 1. The minimum Gasteiger partial charge on any atom is -0.493 e. The van der Waals surface area contributed by atoms with Crippen LogP contribution in [0.4, 0.5) is 18.9 Å². The molecule has 1 saturated carbocycles. The van der Waals surface area contributed by atoms with E-state index in [1.54, 1.807) is 29.2 Å². The molecule has 0 aliphatic heterocycles. The fraction of sp³-hybridized carbons (Fsp3) is 0.364. The highest BCUT2D eigenvalue weighted by molar-refractivity contribution is 6.33. The monoisotopic (exact) mass is 470 g/mol. The molecule has 0 heterocycles. The third-order valence-electron chi connectivity index (χ3n) is 4.88. The molecule has 1 fully saturated rings. The predicted octanol–water partition coefficient (Wildman–Crippen LogP) is 4.77. The number of hydrogen-bond acceptors (Lipinski definition) is 4. The zero-order chi connectivity index (χ0) is 23.3. The first-order valence-corrected chi connectivity index (χ1v) is 10.3. The van der Waals surface area contributed by atoms with Crippen LogP contribution >= 0.6 is 11.6 Å². The quantitative estimate of drug-likeness (QED) is 0.573. The molecule has 1 N–H and O–H groups in total. The third-order valence-corrected chi connectivity index (χ3v) is 5.21. The van der Waals surface area contributed by atoms with Gasteiger partial charge < -0.3 is 19.7 Å². The molecular weight excluding hydrogens is 449 g/mol. The maximum Gasteiger partial charge on any atom is 0.416 e. The molecule has 0 atom stereocenters. The number of rotatable bonds is 9. The number of hydrogen-bond donors (Lipinski definition) is 1. The van der Waals surface area contributed by atoms with Gasteiger partial charge in [0.2, 0.25) is 5.91 Å². The Bertz CT molecular complexity index is 980. The number of para-hydroxylation sites is 2. The molecule has 0 saturated heterocycles. The Morgan fingerprint density at radius 1 is 1.16 bits per heavy atom. The summed E-state index contributed by atoms with van der Waals surface area (Å²) in [7, 11) is 1.50. The van der Waals surface area contributed by atoms with Crippen LogP contribution in [0.25, 0.3) is 0 Å². The van der Waals surface area contributed by atoms with Crippen LogP contribution < -0.4 is 14.8 Å². The predicted molar refractivity (Wildman–Crippen MR) is 113 cm³/mol. The fourth-order valence-electron chi connectivity index (χ4n) is 3.09. The van der Waals surface area contributed by atoms with Crippen LogP contribution in [0.3, 0.4) is 0 Å². The van der Waals surface area contributed by atoms with Gasteiger partial charge in [-0.15, -0.1) is 0 Å². The Labute approximate surface area is 188 Å². The molecule has 6 nitrogen and oxygen atoms in total. The molecule has 0 spiro atoms. The number of nitrogens with one attached hydrogen (secondary N) is 1. The van der Waals surface area contributed by atoms with Gasteiger partial charge in [0.05, 0.1) is 23.4 Å². The zero-order valence-corrected chi connectivity index (χ0v) is 18.0. The summed E-state index contributed by atoms with van der Waals surface area (Å²) in [6, 6.07) is 9.65. The average Bonchev–Trinajstić information content (AvgIpc) is 3.58. The fourth-order valence-corrected chi connectivity index (χ4v) is 3.25. The van der Waals surface area contributed by atoms with Crippen molar-refractivity contribution in [2.24, 2.45) is 0 Å². The minimum absolute atomic E-state index is 0.00770. The molecule has 0 radical (unpaired) electrons. The molecule has 172 valence electrons. The second kappa shape index (κ2) is 10.1. The maximum atomic E-state index is 12.9. The second-order valence-corrected chi connectivity index (χ2v) is 7.66. The molecule has 3 rings (SSSR count). The van der Waals surface area contributed by atoms with Gasteiger partial charge in [0.1, 0.15) is 0 Å². The lowest BCUT2D eigenvalue weighted by Crippen LogP contribution is -2.38. The largest absolute Gasteiger partial charge is 0.493 e. The average molecular weight is 471 g/mol. The minimum atomic E-state index is -4.55. The van der Waals surface area contributed by atoms with Crippen molar-refractivity contribution in [3.05, 3.63) is 53.1 Å². The summed E-state index contributed by atoms with van der Waals surface area (Å²) in [6.07, 6.45) is -3.01. The first-order chi connectivity index (χ1) is 15.2. The summed E-state index contributed by atoms with van der Waals surface area (Å²) in [5.41, 5.74) is -1.05. The zero-order valence-electron chi connectivity index (χ0n) is 17.2. The van der Waals surface area contributed by atoms with Crippen molar-refractivity contribution in [2.45, 2.75) is 31.5 Å². The van der Waals surface area contributed by atoms with Crippen molar-refractivity contribution in [3.8, 4) is 11.5 Å². The number of alkyl halides is 3. The van der Waals surface area contributed by atoms with Crippen LogP contribution in [-0.4, -0.2) is 43.0 Å². The summed E-state index contributed by atoms with van der Waals surface area (Å²) in [5, 5.41) is 2.38. The Hall–Kier alpha value is -2.94. The van der Waals surface area contributed by atoms with Gasteiger partial charge >= 0.3 is 6.18 Å². The summed E-state index contributed by atoms with van der Waals surface area (Å²) in [4.78, 5) is 26.5. The first-order valence-electron chi connectivity index (χ1n) is 9.91. The van der Waals surface area contributed by atoms with Gasteiger partial charge in [0.25, 0.3) is 5.91 Å². The summed E-state index contributed by atoms with van der Waals surface area (Å²) in [6.45, 7) is -0.112. The van der Waals surface area contributed by atoms with Crippen molar-refractivity contribution in [1.82, 2.24) is 4.90 Å². The van der Waals surface area contributed by atoms with Gasteiger partial charge in [-0.25, -0.2) is 0 Å². The number of halogens is 4. The van der Waals surface area contributed by atoms with Crippen LogP contribution in [0.1, 0.15) is 24.8 Å². The van der Waals surface area contributed by atoms with Crippen LogP contribution in [0, 0.1) is 0 Å². The smallest absolute Gasteiger partial charge is 0.416 e. The molecule has 2 aromatic rings. The molecule has 1 aliphatic carbocycles. The molecule has 0 aromatic heterocycles. The van der Waals surface area contributed by atoms with Crippen molar-refractivity contribution in [2.75, 3.05) is 25.6 Å². The molecule has 32 heavy (non-hydrogen) atoms. The van der Waals surface area contributed by atoms with E-state index in [-0.39, 0.29) is 42.2 Å². The van der Waals surface area contributed by atoms with Crippen molar-refractivity contribution in [1.29, 1.82) is 0 Å². The van der Waals surface area contributed by atoms with E-state index < -0.39 is 17.6 Å². The lowest BCUT2D eigenvalue weighted by atomic mass is 10.2. The van der Waals surface area contributed by atoms with Crippen molar-refractivity contribution in [3.63, 3.8) is 0 Å². The SMILES string of the molecule is COc1ccccc1OCC(=O)N(CCC(=O)Nc1cc(C(F)(F)F)ccc1Cl)C1CC1. The van der Waals surface area contributed by atoms with E-state index >= 15 is 0 Å². The van der Waals surface area contributed by atoms with Gasteiger partial charge in [0.15, 0.2) is 18.1 Å². The number of amides is 2. The molecular formula is C22H22ClF3N2O4. The number of ether oxygens (including phenoxy) is 2. The van der Waals surface area contributed by atoms with Gasteiger partial charge in [-0.05, 0) is 43.2 Å². The van der Waals surface area contributed by atoms with Crippen LogP contribution in [-0.2, 0) is 15.8 Å². The van der Waals surface area contributed by atoms with Gasteiger partial charge in [-0.1, -0.05) is 23.7 Å². The lowest BCUT2D eigenvalue weighted by Gasteiger charge is -2.22. The summed E-state index contributed by atoms with van der Waals surface area (Å²) < 4.78 is 49.5. The van der Waals surface area contributed by atoms with E-state index in [0.29, 0.717) is 11.5 Å². The third kappa shape index (κ3) is 6.29. The summed E-state index contributed by atoms with van der Waals surface area (Å²) in [5.74, 6) is 0.0882. The Kier molecular flexibility index (Phi) is 7.50. The van der Waals surface area contributed by atoms with Crippen molar-refractivity contribution >= 4 is 29.1 Å². The molecule has 2 amide bonds. The lowest BCUT2D eigenvalue weighted by molar-refractivity contribution is -0.137. The van der Waals surface area contributed by atoms with Crippen molar-refractivity contribution < 1.29 is 32.2 Å². The maximum absolute atomic E-state index is 12.9. The highest BCUT2D eigenvalue weighted by Crippen LogP contribution is 2.34. The standard InChI is InChI=1S/C22H22ClF3N2O4/c1-31-18-4-2-3-5-19(18)32-13-21(30)28(15-7-8-15)11-10-20(29)27-17-12-14(22(24,25)26)6-9-16(17)23/h2-6,9,12,15H,7-8,10-11,13H2,1H3,(H,27,29). The van der Waals surface area contributed by atoms with Crippen LogP contribution in [0.15, 0.2) is 42.5 Å². The van der Waals surface area contributed by atoms with E-state index in [1.165, 1.54) is 7.11 Å². The first kappa shape index (κ1) is 23.7. The van der Waals surface area contributed by atoms with Crippen LogP contribution in [0.5, 0.6) is 11.5 Å². The number of carbonyl (C=O) groups is 2. The summed E-state index contributed by atoms with van der Waals surface area (Å²) >= 11 is 5.91. The number of anilines is 1. The van der Waals surface area contributed by atoms with Gasteiger partial charge in [-0.3, -0.25) is 9.59 Å². The molecule has 1 aliphatic rings. The van der Waals surface area contributed by atoms with E-state index in [4.69, 9.17) is 21.1 Å².